The minimum absolute atomic E-state index is 0.0453. The van der Waals surface area contributed by atoms with Crippen molar-refractivity contribution >= 4 is 5.91 Å². The van der Waals surface area contributed by atoms with E-state index in [0.29, 0.717) is 5.75 Å². The third kappa shape index (κ3) is 3.86. The fraction of sp³-hybridized carbons (Fsp3) is 0.500. The van der Waals surface area contributed by atoms with Gasteiger partial charge in [-0.25, -0.2) is 0 Å². The number of methoxy groups -OCH3 is 1. The van der Waals surface area contributed by atoms with Gasteiger partial charge in [-0.1, -0.05) is 0 Å². The second kappa shape index (κ2) is 6.43. The van der Waals surface area contributed by atoms with Crippen LogP contribution in [0.3, 0.4) is 0 Å². The molecule has 1 aliphatic heterocycles. The summed E-state index contributed by atoms with van der Waals surface area (Å²) >= 11 is 0. The van der Waals surface area contributed by atoms with Gasteiger partial charge in [0.05, 0.1) is 7.11 Å². The molecule has 0 radical (unpaired) electrons. The van der Waals surface area contributed by atoms with E-state index in [1.807, 2.05) is 17.0 Å². The summed E-state index contributed by atoms with van der Waals surface area (Å²) in [6.07, 6.45) is 0. The van der Waals surface area contributed by atoms with Crippen LogP contribution in [0.1, 0.15) is 0 Å². The number of amides is 1. The average Bonchev–Trinajstić information content (AvgIpc) is 2.46. The molecule has 2 rings (SSSR count). The Morgan fingerprint density at radius 1 is 1.11 bits per heavy atom. The summed E-state index contributed by atoms with van der Waals surface area (Å²) in [5, 5.41) is 0. The van der Waals surface area contributed by atoms with E-state index in [2.05, 4.69) is 11.9 Å². The first-order valence-corrected chi connectivity index (χ1v) is 6.42. The van der Waals surface area contributed by atoms with Gasteiger partial charge < -0.3 is 19.3 Å². The fourth-order valence-corrected chi connectivity index (χ4v) is 1.96. The number of carbonyl (C=O) groups excluding carboxylic acids is 1. The quantitative estimate of drug-likeness (QED) is 0.808. The van der Waals surface area contributed by atoms with Crippen LogP contribution in [-0.4, -0.2) is 62.7 Å². The maximum Gasteiger partial charge on any atom is 0.260 e. The van der Waals surface area contributed by atoms with Gasteiger partial charge in [0.2, 0.25) is 0 Å². The molecule has 1 aromatic rings. The van der Waals surface area contributed by atoms with Crippen LogP contribution in [0.4, 0.5) is 0 Å². The molecule has 104 valence electrons. The van der Waals surface area contributed by atoms with Crippen molar-refractivity contribution in [3.8, 4) is 11.5 Å². The Kier molecular flexibility index (Phi) is 4.63. The number of ether oxygens (including phenoxy) is 2. The third-order valence-electron chi connectivity index (χ3n) is 3.28. The minimum atomic E-state index is 0.0453. The number of carbonyl (C=O) groups is 1. The number of hydrogen-bond acceptors (Lipinski definition) is 4. The number of nitrogens with zero attached hydrogens (tertiary/aromatic N) is 2. The highest BCUT2D eigenvalue weighted by atomic mass is 16.5. The third-order valence-corrected chi connectivity index (χ3v) is 3.28. The zero-order chi connectivity index (χ0) is 13.7. The summed E-state index contributed by atoms with van der Waals surface area (Å²) < 4.78 is 10.6. The Morgan fingerprint density at radius 3 is 2.26 bits per heavy atom. The lowest BCUT2D eigenvalue weighted by Gasteiger charge is -2.32. The molecular formula is C14H20N2O3. The predicted octanol–water partition coefficient (Wildman–Crippen LogP) is 0.848. The summed E-state index contributed by atoms with van der Waals surface area (Å²) in [4.78, 5) is 16.0. The second-order valence-corrected chi connectivity index (χ2v) is 4.65. The second-order valence-electron chi connectivity index (χ2n) is 4.65. The number of benzene rings is 1. The zero-order valence-electron chi connectivity index (χ0n) is 11.5. The number of piperazine rings is 1. The van der Waals surface area contributed by atoms with Gasteiger partial charge in [0.25, 0.3) is 5.91 Å². The molecule has 5 heteroatoms. The van der Waals surface area contributed by atoms with Gasteiger partial charge in [-0.3, -0.25) is 4.79 Å². The van der Waals surface area contributed by atoms with Crippen molar-refractivity contribution in [2.24, 2.45) is 0 Å². The summed E-state index contributed by atoms with van der Waals surface area (Å²) in [6.45, 7) is 3.50. The molecule has 1 heterocycles. The van der Waals surface area contributed by atoms with Gasteiger partial charge in [-0.15, -0.1) is 0 Å². The minimum Gasteiger partial charge on any atom is -0.497 e. The molecule has 5 nitrogen and oxygen atoms in total. The molecule has 1 aliphatic rings. The largest absolute Gasteiger partial charge is 0.497 e. The smallest absolute Gasteiger partial charge is 0.260 e. The zero-order valence-corrected chi connectivity index (χ0v) is 11.5. The number of likely N-dealkylation sites (N-methyl/N-ethyl adjacent to an activating group) is 1. The molecule has 0 spiro atoms. The van der Waals surface area contributed by atoms with Crippen LogP contribution in [0, 0.1) is 0 Å². The maximum atomic E-state index is 12.0. The predicted molar refractivity (Wildman–Crippen MR) is 72.6 cm³/mol. The van der Waals surface area contributed by atoms with Crippen molar-refractivity contribution < 1.29 is 14.3 Å². The topological polar surface area (TPSA) is 42.0 Å². The normalized spacial score (nSPS) is 16.2. The Bertz CT molecular complexity index is 411. The number of rotatable bonds is 4. The van der Waals surface area contributed by atoms with E-state index < -0.39 is 0 Å². The van der Waals surface area contributed by atoms with Crippen molar-refractivity contribution in [1.29, 1.82) is 0 Å². The summed E-state index contributed by atoms with van der Waals surface area (Å²) in [5.74, 6) is 1.50. The summed E-state index contributed by atoms with van der Waals surface area (Å²) in [5.41, 5.74) is 0. The lowest BCUT2D eigenvalue weighted by atomic mass is 10.3. The molecule has 1 aromatic carbocycles. The van der Waals surface area contributed by atoms with Gasteiger partial charge in [0.1, 0.15) is 11.5 Å². The summed E-state index contributed by atoms with van der Waals surface area (Å²) in [6, 6.07) is 7.23. The molecule has 1 fully saturated rings. The van der Waals surface area contributed by atoms with Gasteiger partial charge in [-0.05, 0) is 31.3 Å². The van der Waals surface area contributed by atoms with Crippen LogP contribution in [0.5, 0.6) is 11.5 Å². The Hall–Kier alpha value is -1.75. The lowest BCUT2D eigenvalue weighted by Crippen LogP contribution is -2.48. The molecule has 0 aromatic heterocycles. The Labute approximate surface area is 113 Å². The molecule has 0 atom stereocenters. The molecule has 1 amide bonds. The van der Waals surface area contributed by atoms with Gasteiger partial charge in [0, 0.05) is 26.2 Å². The molecule has 0 bridgehead atoms. The highest BCUT2D eigenvalue weighted by molar-refractivity contribution is 5.77. The van der Waals surface area contributed by atoms with E-state index in [4.69, 9.17) is 9.47 Å². The van der Waals surface area contributed by atoms with Gasteiger partial charge in [-0.2, -0.15) is 0 Å². The van der Waals surface area contributed by atoms with E-state index >= 15 is 0 Å². The molecule has 0 aliphatic carbocycles. The van der Waals surface area contributed by atoms with Gasteiger partial charge >= 0.3 is 0 Å². The van der Waals surface area contributed by atoms with Crippen LogP contribution in [0.2, 0.25) is 0 Å². The Morgan fingerprint density at radius 2 is 1.68 bits per heavy atom. The molecule has 0 N–H and O–H groups in total. The van der Waals surface area contributed by atoms with E-state index in [0.717, 1.165) is 31.9 Å². The van der Waals surface area contributed by atoms with E-state index in [1.54, 1.807) is 19.2 Å². The maximum absolute atomic E-state index is 12.0. The van der Waals surface area contributed by atoms with E-state index in [9.17, 15) is 4.79 Å². The van der Waals surface area contributed by atoms with Crippen molar-refractivity contribution in [2.45, 2.75) is 0 Å². The SMILES string of the molecule is COc1ccc(OCC(=O)N2CCN(C)CC2)cc1. The van der Waals surface area contributed by atoms with Crippen LogP contribution >= 0.6 is 0 Å². The van der Waals surface area contributed by atoms with Crippen LogP contribution in [0.15, 0.2) is 24.3 Å². The van der Waals surface area contributed by atoms with Crippen molar-refractivity contribution in [2.75, 3.05) is 46.9 Å². The van der Waals surface area contributed by atoms with Crippen molar-refractivity contribution in [3.63, 3.8) is 0 Å². The van der Waals surface area contributed by atoms with Crippen LogP contribution < -0.4 is 9.47 Å². The highest BCUT2D eigenvalue weighted by Gasteiger charge is 2.19. The molecule has 1 saturated heterocycles. The van der Waals surface area contributed by atoms with E-state index in [1.165, 1.54) is 0 Å². The molecular weight excluding hydrogens is 244 g/mol. The first kappa shape index (κ1) is 13.7. The van der Waals surface area contributed by atoms with Crippen molar-refractivity contribution in [3.05, 3.63) is 24.3 Å². The summed E-state index contributed by atoms with van der Waals surface area (Å²) in [7, 11) is 3.68. The van der Waals surface area contributed by atoms with Crippen LogP contribution in [0.25, 0.3) is 0 Å². The molecule has 0 unspecified atom stereocenters. The fourth-order valence-electron chi connectivity index (χ4n) is 1.96. The first-order valence-electron chi connectivity index (χ1n) is 6.42. The monoisotopic (exact) mass is 264 g/mol. The lowest BCUT2D eigenvalue weighted by molar-refractivity contribution is -0.134. The standard InChI is InChI=1S/C14H20N2O3/c1-15-7-9-16(10-8-15)14(17)11-19-13-5-3-12(18-2)4-6-13/h3-6H,7-11H2,1-2H3. The number of hydrogen-bond donors (Lipinski definition) is 0. The highest BCUT2D eigenvalue weighted by Crippen LogP contribution is 2.17. The molecule has 19 heavy (non-hydrogen) atoms. The van der Waals surface area contributed by atoms with Gasteiger partial charge in [0.15, 0.2) is 6.61 Å². The Balaban J connectivity index is 1.79. The molecule has 0 saturated carbocycles. The van der Waals surface area contributed by atoms with E-state index in [-0.39, 0.29) is 12.5 Å². The van der Waals surface area contributed by atoms with Crippen LogP contribution in [-0.2, 0) is 4.79 Å². The van der Waals surface area contributed by atoms with Crippen molar-refractivity contribution in [1.82, 2.24) is 9.80 Å². The first-order chi connectivity index (χ1) is 9.19. The average molecular weight is 264 g/mol.